The Kier molecular flexibility index (Phi) is 3.07. The van der Waals surface area contributed by atoms with Gasteiger partial charge in [-0.2, -0.15) is 0 Å². The van der Waals surface area contributed by atoms with Crippen molar-refractivity contribution in [2.75, 3.05) is 39.5 Å². The van der Waals surface area contributed by atoms with Gasteiger partial charge in [0.25, 0.3) is 0 Å². The van der Waals surface area contributed by atoms with E-state index in [1.54, 1.807) is 4.90 Å². The number of ether oxygens (including phenoxy) is 3. The summed E-state index contributed by atoms with van der Waals surface area (Å²) in [5.41, 5.74) is 0. The lowest BCUT2D eigenvalue weighted by Gasteiger charge is -2.26. The Bertz CT molecular complexity index is 190. The second-order valence-electron chi connectivity index (χ2n) is 4.52. The molecule has 82 valence electrons. The third-order valence-corrected chi connectivity index (χ3v) is 2.78. The fourth-order valence-electron chi connectivity index (χ4n) is 2.05. The molecule has 0 aromatic heterocycles. The number of hydrogen-bond acceptors (Lipinski definition) is 3. The summed E-state index contributed by atoms with van der Waals surface area (Å²) < 4.78 is 16.6. The monoisotopic (exact) mass is 202 g/mol. The van der Waals surface area contributed by atoms with Crippen LogP contribution in [0.15, 0.2) is 0 Å². The molecule has 2 aliphatic heterocycles. The third-order valence-electron chi connectivity index (χ3n) is 2.78. The standard InChI is InChI=1S/C10H19NO3/c1-10(2)13-8-9(14-10)7-11-3-5-12-6-4-11/h9H,3-8H2,1-2H3/p+1/t9-/m0/s1. The van der Waals surface area contributed by atoms with Crippen molar-refractivity contribution in [1.29, 1.82) is 0 Å². The average molecular weight is 202 g/mol. The molecule has 0 bridgehead atoms. The smallest absolute Gasteiger partial charge is 0.163 e. The highest BCUT2D eigenvalue weighted by Gasteiger charge is 2.35. The number of nitrogens with one attached hydrogen (secondary N) is 1. The largest absolute Gasteiger partial charge is 0.370 e. The topological polar surface area (TPSA) is 32.1 Å². The molecule has 1 atom stereocenters. The molecule has 0 radical (unpaired) electrons. The normalized spacial score (nSPS) is 33.4. The third kappa shape index (κ3) is 2.67. The molecule has 2 heterocycles. The van der Waals surface area contributed by atoms with Crippen LogP contribution in [0.4, 0.5) is 0 Å². The van der Waals surface area contributed by atoms with E-state index in [9.17, 15) is 0 Å². The van der Waals surface area contributed by atoms with Crippen LogP contribution in [0.1, 0.15) is 13.8 Å². The van der Waals surface area contributed by atoms with Crippen molar-refractivity contribution < 1.29 is 19.1 Å². The van der Waals surface area contributed by atoms with Gasteiger partial charge in [0.15, 0.2) is 5.79 Å². The predicted octanol–water partition coefficient (Wildman–Crippen LogP) is -0.947. The molecule has 14 heavy (non-hydrogen) atoms. The average Bonchev–Trinajstić information content (AvgIpc) is 2.47. The van der Waals surface area contributed by atoms with Crippen LogP contribution in [0.2, 0.25) is 0 Å². The zero-order chi connectivity index (χ0) is 10.0. The van der Waals surface area contributed by atoms with Gasteiger partial charge in [-0.3, -0.25) is 0 Å². The number of quaternary nitrogens is 1. The van der Waals surface area contributed by atoms with Gasteiger partial charge in [-0.25, -0.2) is 0 Å². The highest BCUT2D eigenvalue weighted by molar-refractivity contribution is 4.69. The predicted molar refractivity (Wildman–Crippen MR) is 51.3 cm³/mol. The zero-order valence-electron chi connectivity index (χ0n) is 9.04. The van der Waals surface area contributed by atoms with Gasteiger partial charge in [0, 0.05) is 0 Å². The molecule has 0 aliphatic carbocycles. The second kappa shape index (κ2) is 4.14. The minimum Gasteiger partial charge on any atom is -0.370 e. The van der Waals surface area contributed by atoms with Crippen molar-refractivity contribution in [2.45, 2.75) is 25.7 Å². The molecular formula is C10H20NO3+. The first-order valence-corrected chi connectivity index (χ1v) is 5.39. The highest BCUT2D eigenvalue weighted by atomic mass is 16.7. The van der Waals surface area contributed by atoms with Crippen LogP contribution in [0.25, 0.3) is 0 Å². The van der Waals surface area contributed by atoms with Crippen LogP contribution < -0.4 is 4.90 Å². The van der Waals surface area contributed by atoms with Crippen LogP contribution >= 0.6 is 0 Å². The summed E-state index contributed by atoms with van der Waals surface area (Å²) in [6, 6.07) is 0. The summed E-state index contributed by atoms with van der Waals surface area (Å²) in [5, 5.41) is 0. The molecule has 0 saturated carbocycles. The summed E-state index contributed by atoms with van der Waals surface area (Å²) in [5.74, 6) is -0.379. The first kappa shape index (κ1) is 10.4. The van der Waals surface area contributed by atoms with Gasteiger partial charge in [-0.15, -0.1) is 0 Å². The molecule has 2 rings (SSSR count). The maximum Gasteiger partial charge on any atom is 0.163 e. The molecule has 4 nitrogen and oxygen atoms in total. The van der Waals surface area contributed by atoms with Gasteiger partial charge >= 0.3 is 0 Å². The fraction of sp³-hybridized carbons (Fsp3) is 1.00. The molecule has 0 aromatic rings. The molecule has 0 amide bonds. The molecule has 0 aromatic carbocycles. The number of hydrogen-bond donors (Lipinski definition) is 1. The van der Waals surface area contributed by atoms with E-state index in [2.05, 4.69) is 0 Å². The molecule has 0 spiro atoms. The van der Waals surface area contributed by atoms with Crippen molar-refractivity contribution in [3.05, 3.63) is 0 Å². The first-order valence-electron chi connectivity index (χ1n) is 5.39. The van der Waals surface area contributed by atoms with E-state index in [4.69, 9.17) is 14.2 Å². The Hall–Kier alpha value is -0.160. The van der Waals surface area contributed by atoms with Crippen molar-refractivity contribution >= 4 is 0 Å². The molecule has 1 N–H and O–H groups in total. The SMILES string of the molecule is CC1(C)OC[C@H](C[NH+]2CCOCC2)O1. The molecule has 2 saturated heterocycles. The Morgan fingerprint density at radius 1 is 1.29 bits per heavy atom. The lowest BCUT2D eigenvalue weighted by Crippen LogP contribution is -3.15. The van der Waals surface area contributed by atoms with E-state index in [0.29, 0.717) is 0 Å². The Labute approximate surface area is 85.1 Å². The molecule has 4 heteroatoms. The summed E-state index contributed by atoms with van der Waals surface area (Å²) in [6.07, 6.45) is 0.262. The number of rotatable bonds is 2. The minimum absolute atomic E-state index is 0.262. The van der Waals surface area contributed by atoms with Crippen LogP contribution in [-0.2, 0) is 14.2 Å². The summed E-state index contributed by atoms with van der Waals surface area (Å²) in [6.45, 7) is 9.69. The van der Waals surface area contributed by atoms with Crippen molar-refractivity contribution in [3.63, 3.8) is 0 Å². The van der Waals surface area contributed by atoms with Crippen LogP contribution in [0.5, 0.6) is 0 Å². The van der Waals surface area contributed by atoms with Crippen molar-refractivity contribution in [3.8, 4) is 0 Å². The Morgan fingerprint density at radius 2 is 2.00 bits per heavy atom. The first-order chi connectivity index (χ1) is 6.66. The maximum absolute atomic E-state index is 5.77. The lowest BCUT2D eigenvalue weighted by molar-refractivity contribution is -0.910. The van der Waals surface area contributed by atoms with E-state index in [1.807, 2.05) is 13.8 Å². The molecular weight excluding hydrogens is 182 g/mol. The summed E-state index contributed by atoms with van der Waals surface area (Å²) in [4.78, 5) is 1.57. The van der Waals surface area contributed by atoms with E-state index in [-0.39, 0.29) is 11.9 Å². The zero-order valence-corrected chi connectivity index (χ0v) is 9.04. The van der Waals surface area contributed by atoms with Gasteiger partial charge in [0.05, 0.1) is 19.8 Å². The van der Waals surface area contributed by atoms with Gasteiger partial charge in [0.1, 0.15) is 25.7 Å². The Morgan fingerprint density at radius 3 is 2.57 bits per heavy atom. The van der Waals surface area contributed by atoms with Crippen LogP contribution in [0.3, 0.4) is 0 Å². The van der Waals surface area contributed by atoms with Gasteiger partial charge in [0.2, 0.25) is 0 Å². The Balaban J connectivity index is 1.75. The quantitative estimate of drug-likeness (QED) is 0.627. The maximum atomic E-state index is 5.77. The fourth-order valence-corrected chi connectivity index (χ4v) is 2.05. The van der Waals surface area contributed by atoms with E-state index < -0.39 is 0 Å². The number of morpholine rings is 1. The second-order valence-corrected chi connectivity index (χ2v) is 4.52. The summed E-state index contributed by atoms with van der Waals surface area (Å²) in [7, 11) is 0. The molecule has 2 aliphatic rings. The van der Waals surface area contributed by atoms with Gasteiger partial charge in [-0.1, -0.05) is 0 Å². The van der Waals surface area contributed by atoms with Crippen molar-refractivity contribution in [2.24, 2.45) is 0 Å². The lowest BCUT2D eigenvalue weighted by atomic mass is 10.3. The summed E-state index contributed by atoms with van der Waals surface area (Å²) >= 11 is 0. The van der Waals surface area contributed by atoms with E-state index >= 15 is 0 Å². The van der Waals surface area contributed by atoms with Gasteiger partial charge < -0.3 is 19.1 Å². The van der Waals surface area contributed by atoms with Crippen LogP contribution in [-0.4, -0.2) is 51.3 Å². The molecule has 2 fully saturated rings. The van der Waals surface area contributed by atoms with E-state index in [1.165, 1.54) is 0 Å². The van der Waals surface area contributed by atoms with Gasteiger partial charge in [-0.05, 0) is 13.8 Å². The molecule has 0 unspecified atom stereocenters. The van der Waals surface area contributed by atoms with Crippen LogP contribution in [0, 0.1) is 0 Å². The van der Waals surface area contributed by atoms with Crippen molar-refractivity contribution in [1.82, 2.24) is 0 Å². The minimum atomic E-state index is -0.379. The van der Waals surface area contributed by atoms with E-state index in [0.717, 1.165) is 39.5 Å². The highest BCUT2D eigenvalue weighted by Crippen LogP contribution is 2.21.